The monoisotopic (exact) mass is 533 g/mol. The second kappa shape index (κ2) is 10.1. The van der Waals surface area contributed by atoms with Crippen LogP contribution in [0.3, 0.4) is 0 Å². The van der Waals surface area contributed by atoms with Gasteiger partial charge in [-0.05, 0) is 67.3 Å². The Kier molecular flexibility index (Phi) is 7.13. The molecule has 0 radical (unpaired) electrons. The van der Waals surface area contributed by atoms with Crippen LogP contribution < -0.4 is 9.64 Å². The number of aryl methyl sites for hydroxylation is 2. The van der Waals surface area contributed by atoms with Crippen molar-refractivity contribution in [3.8, 4) is 5.75 Å². The van der Waals surface area contributed by atoms with Crippen LogP contribution in [0.25, 0.3) is 5.76 Å². The highest BCUT2D eigenvalue weighted by Gasteiger charge is 2.47. The van der Waals surface area contributed by atoms with E-state index in [4.69, 9.17) is 4.74 Å². The van der Waals surface area contributed by atoms with Crippen LogP contribution in [-0.4, -0.2) is 23.4 Å². The summed E-state index contributed by atoms with van der Waals surface area (Å²) in [5.41, 5.74) is 3.79. The number of Topliss-reactive ketones (excluding diaryl/α,β-unsaturated/α-hetero) is 1. The Morgan fingerprint density at radius 1 is 1.00 bits per heavy atom. The highest BCUT2D eigenvalue weighted by Crippen LogP contribution is 2.42. The summed E-state index contributed by atoms with van der Waals surface area (Å²) in [7, 11) is 0. The lowest BCUT2D eigenvalue weighted by Gasteiger charge is -2.26. The second-order valence-corrected chi connectivity index (χ2v) is 10.1. The van der Waals surface area contributed by atoms with Gasteiger partial charge >= 0.3 is 0 Å². The van der Waals surface area contributed by atoms with E-state index in [-0.39, 0.29) is 11.3 Å². The van der Waals surface area contributed by atoms with Crippen molar-refractivity contribution in [3.05, 3.63) is 99.0 Å². The fourth-order valence-corrected chi connectivity index (χ4v) is 4.32. The standard InChI is InChI=1S/C29H28BrNO4/c1-17(2)16-35-23-12-7-20(8-13-23)26-25(27(32)21-9-14-24(30)19(4)15-21)28(33)29(34)31(26)22-10-5-18(3)6-11-22/h5-15,17,26,32H,16H2,1-4H3/b27-25-. The highest BCUT2D eigenvalue weighted by atomic mass is 79.9. The Balaban J connectivity index is 1.85. The van der Waals surface area contributed by atoms with Crippen LogP contribution in [0.4, 0.5) is 5.69 Å². The van der Waals surface area contributed by atoms with Crippen LogP contribution in [0.2, 0.25) is 0 Å². The zero-order chi connectivity index (χ0) is 25.3. The van der Waals surface area contributed by atoms with Gasteiger partial charge in [-0.3, -0.25) is 14.5 Å². The number of benzene rings is 3. The van der Waals surface area contributed by atoms with E-state index < -0.39 is 17.7 Å². The summed E-state index contributed by atoms with van der Waals surface area (Å²) in [6.07, 6.45) is 0. The summed E-state index contributed by atoms with van der Waals surface area (Å²) in [5, 5.41) is 11.3. The predicted octanol–water partition coefficient (Wildman–Crippen LogP) is 6.73. The molecular formula is C29H28BrNO4. The molecule has 1 amide bonds. The van der Waals surface area contributed by atoms with Crippen molar-refractivity contribution in [1.82, 2.24) is 0 Å². The lowest BCUT2D eigenvalue weighted by Crippen LogP contribution is -2.29. The van der Waals surface area contributed by atoms with Gasteiger partial charge in [0.05, 0.1) is 18.2 Å². The van der Waals surface area contributed by atoms with Crippen molar-refractivity contribution >= 4 is 39.1 Å². The van der Waals surface area contributed by atoms with Crippen molar-refractivity contribution in [2.24, 2.45) is 5.92 Å². The molecule has 0 aromatic heterocycles. The number of anilines is 1. The van der Waals surface area contributed by atoms with E-state index in [9.17, 15) is 14.7 Å². The molecule has 0 bridgehead atoms. The van der Waals surface area contributed by atoms with E-state index in [0.717, 1.165) is 15.6 Å². The zero-order valence-corrected chi connectivity index (χ0v) is 21.8. The molecule has 3 aromatic rings. The fraction of sp³-hybridized carbons (Fsp3) is 0.241. The third-order valence-corrected chi connectivity index (χ3v) is 6.86. The van der Waals surface area contributed by atoms with Gasteiger partial charge in [0, 0.05) is 15.7 Å². The number of aliphatic hydroxyl groups is 1. The molecule has 1 unspecified atom stereocenters. The average molecular weight is 534 g/mol. The van der Waals surface area contributed by atoms with Gasteiger partial charge in [-0.15, -0.1) is 0 Å². The van der Waals surface area contributed by atoms with Gasteiger partial charge in [-0.1, -0.05) is 65.7 Å². The van der Waals surface area contributed by atoms with E-state index in [1.165, 1.54) is 4.90 Å². The SMILES string of the molecule is Cc1ccc(N2C(=O)C(=O)/C(=C(\O)c3ccc(Br)c(C)c3)C2c2ccc(OCC(C)C)cc2)cc1. The molecule has 1 N–H and O–H groups in total. The van der Waals surface area contributed by atoms with E-state index in [2.05, 4.69) is 29.8 Å². The summed E-state index contributed by atoms with van der Waals surface area (Å²) >= 11 is 3.47. The summed E-state index contributed by atoms with van der Waals surface area (Å²) in [6, 6.07) is 19.3. The average Bonchev–Trinajstić information content (AvgIpc) is 3.10. The number of amides is 1. The van der Waals surface area contributed by atoms with Crippen LogP contribution in [0, 0.1) is 19.8 Å². The first-order valence-corrected chi connectivity index (χ1v) is 12.3. The van der Waals surface area contributed by atoms with E-state index in [0.29, 0.717) is 35.1 Å². The molecule has 4 rings (SSSR count). The van der Waals surface area contributed by atoms with Crippen molar-refractivity contribution in [2.45, 2.75) is 33.7 Å². The Morgan fingerprint density at radius 2 is 1.66 bits per heavy atom. The number of carbonyl (C=O) groups is 2. The van der Waals surface area contributed by atoms with Crippen molar-refractivity contribution in [3.63, 3.8) is 0 Å². The van der Waals surface area contributed by atoms with Crippen LogP contribution in [0.5, 0.6) is 5.75 Å². The molecule has 180 valence electrons. The normalized spacial score (nSPS) is 17.3. The van der Waals surface area contributed by atoms with Crippen molar-refractivity contribution < 1.29 is 19.4 Å². The minimum Gasteiger partial charge on any atom is -0.507 e. The number of halogens is 1. The topological polar surface area (TPSA) is 66.8 Å². The molecule has 1 heterocycles. The largest absolute Gasteiger partial charge is 0.507 e. The molecule has 0 saturated carbocycles. The Labute approximate surface area is 214 Å². The molecule has 0 spiro atoms. The number of ketones is 1. The van der Waals surface area contributed by atoms with Crippen LogP contribution >= 0.6 is 15.9 Å². The molecule has 1 atom stereocenters. The quantitative estimate of drug-likeness (QED) is 0.217. The minimum atomic E-state index is -0.777. The molecule has 5 nitrogen and oxygen atoms in total. The van der Waals surface area contributed by atoms with Gasteiger partial charge in [0.25, 0.3) is 11.7 Å². The fourth-order valence-electron chi connectivity index (χ4n) is 4.08. The van der Waals surface area contributed by atoms with E-state index in [1.54, 1.807) is 12.1 Å². The molecule has 1 saturated heterocycles. The van der Waals surface area contributed by atoms with Gasteiger partial charge < -0.3 is 9.84 Å². The van der Waals surface area contributed by atoms with Gasteiger partial charge in [0.2, 0.25) is 0 Å². The third kappa shape index (κ3) is 5.03. The van der Waals surface area contributed by atoms with E-state index in [1.807, 2.05) is 68.4 Å². The first-order valence-electron chi connectivity index (χ1n) is 11.5. The number of nitrogens with zero attached hydrogens (tertiary/aromatic N) is 1. The number of carbonyl (C=O) groups excluding carboxylic acids is 2. The maximum Gasteiger partial charge on any atom is 0.300 e. The molecular weight excluding hydrogens is 506 g/mol. The Morgan fingerprint density at radius 3 is 2.26 bits per heavy atom. The molecule has 1 aliphatic rings. The Hall–Kier alpha value is -3.38. The highest BCUT2D eigenvalue weighted by molar-refractivity contribution is 9.10. The lowest BCUT2D eigenvalue weighted by atomic mass is 9.94. The predicted molar refractivity (Wildman–Crippen MR) is 142 cm³/mol. The molecule has 3 aromatic carbocycles. The molecule has 35 heavy (non-hydrogen) atoms. The summed E-state index contributed by atoms with van der Waals surface area (Å²) < 4.78 is 6.70. The maximum absolute atomic E-state index is 13.3. The van der Waals surface area contributed by atoms with Crippen LogP contribution in [0.15, 0.2) is 76.8 Å². The van der Waals surface area contributed by atoms with Crippen molar-refractivity contribution in [2.75, 3.05) is 11.5 Å². The first-order chi connectivity index (χ1) is 16.7. The molecule has 0 aliphatic carbocycles. The Bertz CT molecular complexity index is 1290. The van der Waals surface area contributed by atoms with Crippen LogP contribution in [0.1, 0.15) is 42.1 Å². The third-order valence-electron chi connectivity index (χ3n) is 5.97. The molecule has 1 aliphatic heterocycles. The number of ether oxygens (including phenoxy) is 1. The number of hydrogen-bond acceptors (Lipinski definition) is 4. The van der Waals surface area contributed by atoms with Crippen LogP contribution in [-0.2, 0) is 9.59 Å². The lowest BCUT2D eigenvalue weighted by molar-refractivity contribution is -0.132. The number of aliphatic hydroxyl groups excluding tert-OH is 1. The van der Waals surface area contributed by atoms with Crippen molar-refractivity contribution in [1.29, 1.82) is 0 Å². The maximum atomic E-state index is 13.3. The first kappa shape index (κ1) is 24.7. The number of hydrogen-bond donors (Lipinski definition) is 1. The van der Waals surface area contributed by atoms with Gasteiger partial charge in [0.15, 0.2) is 0 Å². The van der Waals surface area contributed by atoms with Gasteiger partial charge in [0.1, 0.15) is 11.5 Å². The zero-order valence-electron chi connectivity index (χ0n) is 20.2. The van der Waals surface area contributed by atoms with Gasteiger partial charge in [-0.25, -0.2) is 0 Å². The molecule has 1 fully saturated rings. The summed E-state index contributed by atoms with van der Waals surface area (Å²) in [4.78, 5) is 28.1. The molecule has 6 heteroatoms. The summed E-state index contributed by atoms with van der Waals surface area (Å²) in [6.45, 7) is 8.60. The minimum absolute atomic E-state index is 0.0631. The van der Waals surface area contributed by atoms with Gasteiger partial charge in [-0.2, -0.15) is 0 Å². The van der Waals surface area contributed by atoms with E-state index >= 15 is 0 Å². The smallest absolute Gasteiger partial charge is 0.300 e. The number of rotatable bonds is 6. The second-order valence-electron chi connectivity index (χ2n) is 9.24. The summed E-state index contributed by atoms with van der Waals surface area (Å²) in [5.74, 6) is -0.488.